The van der Waals surface area contributed by atoms with E-state index < -0.39 is 73.8 Å². The van der Waals surface area contributed by atoms with Crippen LogP contribution in [0.4, 0.5) is 4.79 Å². The van der Waals surface area contributed by atoms with Gasteiger partial charge in [-0.1, -0.05) is 45.0 Å². The highest BCUT2D eigenvalue weighted by Crippen LogP contribution is 2.38. The van der Waals surface area contributed by atoms with Crippen LogP contribution >= 0.6 is 15.9 Å². The molecule has 0 bridgehead atoms. The zero-order valence-corrected chi connectivity index (χ0v) is 32.7. The largest absolute Gasteiger partial charge is 0.493 e. The maximum absolute atomic E-state index is 14.5. The quantitative estimate of drug-likeness (QED) is 0.206. The number of methoxy groups -OCH3 is 1. The van der Waals surface area contributed by atoms with E-state index in [0.29, 0.717) is 28.6 Å². The second kappa shape index (κ2) is 15.0. The van der Waals surface area contributed by atoms with Gasteiger partial charge in [-0.25, -0.2) is 18.2 Å². The first-order valence-corrected chi connectivity index (χ1v) is 19.0. The number of nitrogens with one attached hydrogen (secondary N) is 3. The Morgan fingerprint density at radius 3 is 2.25 bits per heavy atom. The summed E-state index contributed by atoms with van der Waals surface area (Å²) in [6.45, 7) is 15.4. The van der Waals surface area contributed by atoms with E-state index in [0.717, 1.165) is 5.39 Å². The second-order valence-corrected chi connectivity index (χ2v) is 17.9. The van der Waals surface area contributed by atoms with Crippen molar-refractivity contribution in [3.05, 3.63) is 41.5 Å². The van der Waals surface area contributed by atoms with Crippen molar-refractivity contribution in [3.63, 3.8) is 0 Å². The normalized spacial score (nSPS) is 19.7. The monoisotopic (exact) mass is 793 g/mol. The molecule has 4 rings (SSSR count). The molecule has 1 aromatic heterocycles. The predicted octanol–water partition coefficient (Wildman–Crippen LogP) is 4.35. The molecule has 280 valence electrons. The summed E-state index contributed by atoms with van der Waals surface area (Å²) in [7, 11) is -2.41. The Morgan fingerprint density at radius 1 is 1.08 bits per heavy atom. The summed E-state index contributed by atoms with van der Waals surface area (Å²) in [5.74, 6) is -1.50. The molecule has 1 aromatic carbocycles. The van der Waals surface area contributed by atoms with E-state index in [1.165, 1.54) is 25.0 Å². The molecule has 0 radical (unpaired) electrons. The zero-order chi connectivity index (χ0) is 38.1. The van der Waals surface area contributed by atoms with E-state index in [-0.39, 0.29) is 25.3 Å². The lowest BCUT2D eigenvalue weighted by molar-refractivity contribution is -0.143. The van der Waals surface area contributed by atoms with E-state index in [4.69, 9.17) is 14.2 Å². The van der Waals surface area contributed by atoms with Gasteiger partial charge in [-0.15, -0.1) is 6.58 Å². The van der Waals surface area contributed by atoms with Gasteiger partial charge in [-0.05, 0) is 74.4 Å². The molecule has 4 amide bonds. The molecule has 2 aromatic rings. The Morgan fingerprint density at radius 2 is 1.71 bits per heavy atom. The summed E-state index contributed by atoms with van der Waals surface area (Å²) in [5, 5.41) is 6.08. The number of pyridine rings is 1. The number of amides is 4. The fraction of sp³-hybridized carbons (Fsp3) is 0.571. The summed E-state index contributed by atoms with van der Waals surface area (Å²) in [6, 6.07) is 4.98. The molecule has 51 heavy (non-hydrogen) atoms. The molecular weight excluding hydrogens is 746 g/mol. The minimum absolute atomic E-state index is 0.0211. The van der Waals surface area contributed by atoms with Crippen molar-refractivity contribution in [2.75, 3.05) is 13.7 Å². The fourth-order valence-electron chi connectivity index (χ4n) is 5.78. The van der Waals surface area contributed by atoms with Crippen molar-refractivity contribution in [2.45, 2.75) is 109 Å². The van der Waals surface area contributed by atoms with Gasteiger partial charge in [-0.2, -0.15) is 0 Å². The molecule has 2 heterocycles. The van der Waals surface area contributed by atoms with Crippen molar-refractivity contribution < 1.29 is 41.8 Å². The smallest absolute Gasteiger partial charge is 0.408 e. The minimum atomic E-state index is -3.93. The Balaban J connectivity index is 1.70. The third-order valence-electron chi connectivity index (χ3n) is 8.55. The number of ether oxygens (including phenoxy) is 3. The van der Waals surface area contributed by atoms with Gasteiger partial charge in [0.15, 0.2) is 10.4 Å². The third-order valence-corrected chi connectivity index (χ3v) is 10.9. The van der Waals surface area contributed by atoms with Crippen molar-refractivity contribution >= 4 is 60.5 Å². The van der Waals surface area contributed by atoms with Crippen LogP contribution in [0.5, 0.6) is 11.6 Å². The molecule has 4 atom stereocenters. The number of hydrogen-bond acceptors (Lipinski definition) is 10. The third kappa shape index (κ3) is 9.50. The average Bonchev–Trinajstić information content (AvgIpc) is 3.79. The van der Waals surface area contributed by atoms with Crippen LogP contribution < -0.4 is 24.8 Å². The van der Waals surface area contributed by atoms with E-state index >= 15 is 0 Å². The first-order valence-electron chi connectivity index (χ1n) is 16.7. The van der Waals surface area contributed by atoms with Crippen molar-refractivity contribution in [1.29, 1.82) is 0 Å². The lowest BCUT2D eigenvalue weighted by Crippen LogP contribution is -2.62. The second-order valence-electron chi connectivity index (χ2n) is 15.2. The van der Waals surface area contributed by atoms with Gasteiger partial charge < -0.3 is 29.7 Å². The first kappa shape index (κ1) is 39.9. The first-order chi connectivity index (χ1) is 23.6. The highest BCUT2D eigenvalue weighted by molar-refractivity contribution is 9.10. The van der Waals surface area contributed by atoms with Crippen LogP contribution in [0, 0.1) is 5.41 Å². The number of hydrogen-bond donors (Lipinski definition) is 3. The van der Waals surface area contributed by atoms with Gasteiger partial charge in [0, 0.05) is 17.2 Å². The number of benzene rings is 1. The Kier molecular flexibility index (Phi) is 11.7. The maximum Gasteiger partial charge on any atom is 0.408 e. The zero-order valence-electron chi connectivity index (χ0n) is 30.3. The molecule has 2 aliphatic rings. The number of sulfonamides is 1. The summed E-state index contributed by atoms with van der Waals surface area (Å²) in [4.78, 5) is 60.9. The molecule has 14 nitrogen and oxygen atoms in total. The van der Waals surface area contributed by atoms with Crippen LogP contribution in [0.15, 0.2) is 41.5 Å². The van der Waals surface area contributed by atoms with Crippen LogP contribution in [0.1, 0.15) is 74.1 Å². The number of aromatic nitrogens is 1. The van der Waals surface area contributed by atoms with Gasteiger partial charge >= 0.3 is 6.09 Å². The number of likely N-dealkylation sites (tertiary alicyclic amines) is 1. The van der Waals surface area contributed by atoms with Crippen molar-refractivity contribution in [2.24, 2.45) is 5.41 Å². The fourth-order valence-corrected chi connectivity index (χ4v) is 7.73. The van der Waals surface area contributed by atoms with Crippen LogP contribution in [0.2, 0.25) is 0 Å². The Bertz CT molecular complexity index is 1800. The molecule has 1 aliphatic carbocycles. The van der Waals surface area contributed by atoms with Crippen LogP contribution in [-0.4, -0.2) is 90.3 Å². The summed E-state index contributed by atoms with van der Waals surface area (Å²) >= 11 is 3.44. The molecule has 2 fully saturated rings. The minimum Gasteiger partial charge on any atom is -0.493 e. The van der Waals surface area contributed by atoms with Gasteiger partial charge in [-0.3, -0.25) is 19.1 Å². The molecular formula is C35H48BrN5O9S. The summed E-state index contributed by atoms with van der Waals surface area (Å²) in [5.41, 5.74) is -3.40. The lowest BCUT2D eigenvalue weighted by atomic mass is 9.85. The predicted molar refractivity (Wildman–Crippen MR) is 195 cm³/mol. The topological polar surface area (TPSA) is 182 Å². The number of rotatable bonds is 12. The highest BCUT2D eigenvalue weighted by Gasteiger charge is 2.49. The standard InChI is InChI=1S/C35H48BrN5O9S/c1-10-17-35(8,31(44)40-51(46,47)21-15-16-21)39-28(42)24-18-20(49-29-23-14-12-11-13-22(23)25(48-9)27(36)38-29)19-41(24)30(43)26(33(2,3)4)37-32(45)50-34(5,6)7/h10-14,20-21,24,26H,1,15-19H2,2-9H3,(H,37,45)(H,39,42)(H,40,44)/t20-,24-,26-,35+/m1/s1. The van der Waals surface area contributed by atoms with Gasteiger partial charge in [0.2, 0.25) is 27.7 Å². The van der Waals surface area contributed by atoms with E-state index in [1.807, 2.05) is 24.3 Å². The molecule has 0 spiro atoms. The molecule has 1 saturated heterocycles. The summed E-state index contributed by atoms with van der Waals surface area (Å²) in [6.07, 6.45) is 0.571. The molecule has 16 heteroatoms. The van der Waals surface area contributed by atoms with Crippen LogP contribution in [0.3, 0.4) is 0 Å². The SMILES string of the molecule is C=CC[C@](C)(NC(=O)[C@H]1C[C@@H](Oc2nc(Br)c(OC)c3ccccc23)CN1C(=O)[C@@H](NC(=O)OC(C)(C)C)C(C)(C)C)C(=O)NS(=O)(=O)C1CC1. The lowest BCUT2D eigenvalue weighted by Gasteiger charge is -2.36. The number of nitrogens with zero attached hydrogens (tertiary/aromatic N) is 2. The van der Waals surface area contributed by atoms with Crippen LogP contribution in [-0.2, 0) is 29.1 Å². The molecule has 3 N–H and O–H groups in total. The number of alkyl carbamates (subject to hydrolysis) is 1. The summed E-state index contributed by atoms with van der Waals surface area (Å²) < 4.78 is 45.2. The Labute approximate surface area is 307 Å². The number of carbonyl (C=O) groups excluding carboxylic acids is 4. The van der Waals surface area contributed by atoms with E-state index in [9.17, 15) is 27.6 Å². The van der Waals surface area contributed by atoms with Crippen molar-refractivity contribution in [3.8, 4) is 11.6 Å². The van der Waals surface area contributed by atoms with E-state index in [2.05, 4.69) is 42.8 Å². The molecule has 1 saturated carbocycles. The highest BCUT2D eigenvalue weighted by atomic mass is 79.9. The van der Waals surface area contributed by atoms with E-state index in [1.54, 1.807) is 41.5 Å². The van der Waals surface area contributed by atoms with Gasteiger partial charge in [0.25, 0.3) is 5.91 Å². The van der Waals surface area contributed by atoms with Gasteiger partial charge in [0.1, 0.15) is 29.3 Å². The van der Waals surface area contributed by atoms with Gasteiger partial charge in [0.05, 0.1) is 18.9 Å². The van der Waals surface area contributed by atoms with Crippen molar-refractivity contribution in [1.82, 2.24) is 25.2 Å². The maximum atomic E-state index is 14.5. The number of fused-ring (bicyclic) bond motifs is 1. The number of carbonyl (C=O) groups is 4. The number of halogens is 1. The molecule has 1 aliphatic heterocycles. The average molecular weight is 795 g/mol. The molecule has 0 unspecified atom stereocenters. The van der Waals surface area contributed by atoms with Crippen LogP contribution in [0.25, 0.3) is 10.8 Å². The Hall–Kier alpha value is -3.92.